The Kier molecular flexibility index (Phi) is 6.60. The fourth-order valence-corrected chi connectivity index (χ4v) is 4.50. The first-order chi connectivity index (χ1) is 16.3. The molecule has 1 unspecified atom stereocenters. The molecule has 2 aromatic carbocycles. The van der Waals surface area contributed by atoms with Gasteiger partial charge in [-0.3, -0.25) is 29.4 Å². The number of hydrogen-bond donors (Lipinski definition) is 3. The number of fused-ring (bicyclic) bond motifs is 1. The van der Waals surface area contributed by atoms with Gasteiger partial charge in [0.15, 0.2) is 0 Å². The average Bonchev–Trinajstić information content (AvgIpc) is 2.83. The van der Waals surface area contributed by atoms with Gasteiger partial charge in [0, 0.05) is 35.3 Å². The molecule has 10 nitrogen and oxygen atoms in total. The predicted octanol–water partition coefficient (Wildman–Crippen LogP) is 2.97. The summed E-state index contributed by atoms with van der Waals surface area (Å²) in [6.45, 7) is 1.79. The zero-order valence-corrected chi connectivity index (χ0v) is 18.8. The number of nitrogens with zero attached hydrogens (tertiary/aromatic N) is 2. The van der Waals surface area contributed by atoms with Crippen molar-refractivity contribution in [2.45, 2.75) is 57.2 Å². The smallest absolute Gasteiger partial charge is 0.269 e. The largest absolute Gasteiger partial charge is 0.349 e. The van der Waals surface area contributed by atoms with Crippen molar-refractivity contribution in [3.63, 3.8) is 0 Å². The Balaban J connectivity index is 1.60. The summed E-state index contributed by atoms with van der Waals surface area (Å²) in [6, 6.07) is 9.58. The van der Waals surface area contributed by atoms with Crippen LogP contribution in [0.3, 0.4) is 0 Å². The van der Waals surface area contributed by atoms with E-state index in [1.165, 1.54) is 29.2 Å². The molecule has 10 heteroatoms. The van der Waals surface area contributed by atoms with Gasteiger partial charge in [-0.2, -0.15) is 0 Å². The summed E-state index contributed by atoms with van der Waals surface area (Å²) in [5.41, 5.74) is 7.24. The standard InChI is InChI=1S/C24H27N5O5/c1-2-20-23(31)27-19-13-15(22(30)26-17-8-6-16(25)7-9-17)5-12-21(19)28(20)24(32)14-3-10-18(11-4-14)29(33)34/h3-5,10-13,16-17,20H,2,6-9,25H2,1H3,(H,26,30)(H,27,31). The minimum absolute atomic E-state index is 0.0580. The van der Waals surface area contributed by atoms with Crippen molar-refractivity contribution in [3.05, 3.63) is 63.7 Å². The van der Waals surface area contributed by atoms with Crippen molar-refractivity contribution < 1.29 is 19.3 Å². The third-order valence-corrected chi connectivity index (χ3v) is 6.43. The molecule has 1 aliphatic heterocycles. The van der Waals surface area contributed by atoms with Crippen molar-refractivity contribution >= 4 is 34.8 Å². The lowest BCUT2D eigenvalue weighted by Gasteiger charge is -2.36. The summed E-state index contributed by atoms with van der Waals surface area (Å²) in [7, 11) is 0. The first-order valence-electron chi connectivity index (χ1n) is 11.4. The topological polar surface area (TPSA) is 148 Å². The normalized spacial score (nSPS) is 21.9. The molecule has 2 aliphatic rings. The van der Waals surface area contributed by atoms with Crippen LogP contribution in [0.2, 0.25) is 0 Å². The summed E-state index contributed by atoms with van der Waals surface area (Å²) in [6.07, 6.45) is 3.75. The van der Waals surface area contributed by atoms with Crippen molar-refractivity contribution in [1.82, 2.24) is 5.32 Å². The molecule has 2 aromatic rings. The highest BCUT2D eigenvalue weighted by Gasteiger charge is 2.36. The zero-order valence-electron chi connectivity index (χ0n) is 18.8. The molecule has 0 saturated heterocycles. The maximum Gasteiger partial charge on any atom is 0.269 e. The van der Waals surface area contributed by atoms with Crippen LogP contribution in [-0.2, 0) is 4.79 Å². The fraction of sp³-hybridized carbons (Fsp3) is 0.375. The van der Waals surface area contributed by atoms with E-state index in [9.17, 15) is 24.5 Å². The van der Waals surface area contributed by atoms with E-state index in [2.05, 4.69) is 10.6 Å². The van der Waals surface area contributed by atoms with Gasteiger partial charge in [-0.1, -0.05) is 6.92 Å². The van der Waals surface area contributed by atoms with E-state index >= 15 is 0 Å². The molecular formula is C24H27N5O5. The van der Waals surface area contributed by atoms with E-state index in [0.29, 0.717) is 23.4 Å². The number of anilines is 2. The molecule has 0 bridgehead atoms. The Morgan fingerprint density at radius 1 is 1.12 bits per heavy atom. The molecule has 3 amide bonds. The zero-order chi connectivity index (χ0) is 24.4. The molecule has 1 saturated carbocycles. The van der Waals surface area contributed by atoms with Crippen LogP contribution in [0.25, 0.3) is 0 Å². The molecule has 4 N–H and O–H groups in total. The van der Waals surface area contributed by atoms with Gasteiger partial charge in [0.25, 0.3) is 17.5 Å². The Morgan fingerprint density at radius 3 is 2.38 bits per heavy atom. The maximum absolute atomic E-state index is 13.4. The number of rotatable bonds is 5. The number of nitrogens with one attached hydrogen (secondary N) is 2. The van der Waals surface area contributed by atoms with Gasteiger partial charge in [-0.05, 0) is 62.4 Å². The van der Waals surface area contributed by atoms with Crippen LogP contribution in [0, 0.1) is 10.1 Å². The second-order valence-corrected chi connectivity index (χ2v) is 8.71. The molecule has 34 heavy (non-hydrogen) atoms. The summed E-state index contributed by atoms with van der Waals surface area (Å²) >= 11 is 0. The van der Waals surface area contributed by atoms with Crippen LogP contribution in [0.5, 0.6) is 0 Å². The number of benzene rings is 2. The Hall–Kier alpha value is -3.79. The lowest BCUT2D eigenvalue weighted by atomic mass is 9.91. The number of carbonyl (C=O) groups is 3. The lowest BCUT2D eigenvalue weighted by molar-refractivity contribution is -0.384. The van der Waals surface area contributed by atoms with Crippen LogP contribution in [-0.4, -0.2) is 40.8 Å². The van der Waals surface area contributed by atoms with Crippen LogP contribution in [0.4, 0.5) is 17.1 Å². The van der Waals surface area contributed by atoms with Gasteiger partial charge < -0.3 is 16.4 Å². The number of amides is 3. The first kappa shape index (κ1) is 23.4. The molecule has 1 aliphatic carbocycles. The molecule has 0 radical (unpaired) electrons. The molecule has 0 spiro atoms. The molecule has 1 atom stereocenters. The van der Waals surface area contributed by atoms with E-state index in [-0.39, 0.29) is 35.1 Å². The molecule has 178 valence electrons. The number of nitro benzene ring substituents is 1. The second kappa shape index (κ2) is 9.60. The third-order valence-electron chi connectivity index (χ3n) is 6.43. The highest BCUT2D eigenvalue weighted by molar-refractivity contribution is 6.17. The van der Waals surface area contributed by atoms with E-state index in [4.69, 9.17) is 5.73 Å². The van der Waals surface area contributed by atoms with Crippen molar-refractivity contribution in [1.29, 1.82) is 0 Å². The van der Waals surface area contributed by atoms with Crippen molar-refractivity contribution in [2.24, 2.45) is 5.73 Å². The quantitative estimate of drug-likeness (QED) is 0.457. The van der Waals surface area contributed by atoms with E-state index < -0.39 is 16.9 Å². The minimum atomic E-state index is -0.749. The fourth-order valence-electron chi connectivity index (χ4n) is 4.50. The SMILES string of the molecule is CCC1C(=O)Nc2cc(C(=O)NC3CCC(N)CC3)ccc2N1C(=O)c1ccc([N+](=O)[O-])cc1. The van der Waals surface area contributed by atoms with Crippen LogP contribution in [0.1, 0.15) is 59.7 Å². The summed E-state index contributed by atoms with van der Waals surface area (Å²) in [5.74, 6) is -1.05. The van der Waals surface area contributed by atoms with Crippen LogP contribution in [0.15, 0.2) is 42.5 Å². The number of nitro groups is 1. The monoisotopic (exact) mass is 465 g/mol. The van der Waals surface area contributed by atoms with Gasteiger partial charge in [0.05, 0.1) is 16.3 Å². The lowest BCUT2D eigenvalue weighted by Crippen LogP contribution is -2.50. The maximum atomic E-state index is 13.4. The first-order valence-corrected chi connectivity index (χ1v) is 11.4. The number of carbonyl (C=O) groups excluding carboxylic acids is 3. The van der Waals surface area contributed by atoms with Crippen molar-refractivity contribution in [2.75, 3.05) is 10.2 Å². The van der Waals surface area contributed by atoms with Crippen molar-refractivity contribution in [3.8, 4) is 0 Å². The highest BCUT2D eigenvalue weighted by Crippen LogP contribution is 2.35. The Labute approximate surface area is 196 Å². The van der Waals surface area contributed by atoms with Crippen LogP contribution >= 0.6 is 0 Å². The van der Waals surface area contributed by atoms with E-state index in [0.717, 1.165) is 25.7 Å². The predicted molar refractivity (Wildman–Crippen MR) is 127 cm³/mol. The molecule has 1 fully saturated rings. The van der Waals surface area contributed by atoms with Gasteiger partial charge in [-0.25, -0.2) is 0 Å². The Morgan fingerprint density at radius 2 is 1.76 bits per heavy atom. The van der Waals surface area contributed by atoms with Gasteiger partial charge in [0.1, 0.15) is 6.04 Å². The van der Waals surface area contributed by atoms with Gasteiger partial charge in [0.2, 0.25) is 5.91 Å². The highest BCUT2D eigenvalue weighted by atomic mass is 16.6. The minimum Gasteiger partial charge on any atom is -0.349 e. The average molecular weight is 466 g/mol. The van der Waals surface area contributed by atoms with Gasteiger partial charge >= 0.3 is 0 Å². The summed E-state index contributed by atoms with van der Waals surface area (Å²) in [5, 5.41) is 16.8. The Bertz CT molecular complexity index is 1130. The third kappa shape index (κ3) is 4.62. The van der Waals surface area contributed by atoms with E-state index in [1.807, 2.05) is 0 Å². The molecule has 1 heterocycles. The molecular weight excluding hydrogens is 438 g/mol. The van der Waals surface area contributed by atoms with Crippen LogP contribution < -0.4 is 21.3 Å². The second-order valence-electron chi connectivity index (χ2n) is 8.71. The number of nitrogens with two attached hydrogens (primary N) is 1. The van der Waals surface area contributed by atoms with E-state index in [1.54, 1.807) is 25.1 Å². The molecule has 0 aromatic heterocycles. The van der Waals surface area contributed by atoms with Gasteiger partial charge in [-0.15, -0.1) is 0 Å². The summed E-state index contributed by atoms with van der Waals surface area (Å²) in [4.78, 5) is 50.8. The number of non-ortho nitro benzene ring substituents is 1. The number of hydrogen-bond acceptors (Lipinski definition) is 6. The summed E-state index contributed by atoms with van der Waals surface area (Å²) < 4.78 is 0. The molecule has 4 rings (SSSR count).